The van der Waals surface area contributed by atoms with Crippen molar-refractivity contribution in [3.63, 3.8) is 0 Å². The second kappa shape index (κ2) is 6.59. The van der Waals surface area contributed by atoms with Crippen molar-refractivity contribution < 1.29 is 0 Å². The minimum atomic E-state index is -1.61. The van der Waals surface area contributed by atoms with Gasteiger partial charge in [0.15, 0.2) is 0 Å². The van der Waals surface area contributed by atoms with Crippen LogP contribution in [-0.4, -0.2) is 3.25 Å². The standard InChI is InChI=1S/C7H14.CCl4/c1-7-5-3-2-4-6-7;2-1(3,4)5/h7H,2-6H2,1H3;. The Kier molecular flexibility index (Phi) is 7.23. The first-order valence-electron chi connectivity index (χ1n) is 4.15. The molecule has 12 heavy (non-hydrogen) atoms. The van der Waals surface area contributed by atoms with Crippen LogP contribution in [0.25, 0.3) is 0 Å². The molecular formula is C8H14Cl4. The molecule has 0 atom stereocenters. The maximum atomic E-state index is 4.83. The highest BCUT2D eigenvalue weighted by Crippen LogP contribution is 2.29. The van der Waals surface area contributed by atoms with Gasteiger partial charge in [0.05, 0.1) is 0 Å². The summed E-state index contributed by atoms with van der Waals surface area (Å²) in [6.07, 6.45) is 7.44. The normalized spacial score (nSPS) is 19.8. The van der Waals surface area contributed by atoms with Crippen molar-refractivity contribution >= 4 is 46.4 Å². The number of hydrogen-bond donors (Lipinski definition) is 0. The zero-order chi connectivity index (χ0) is 9.61. The molecular weight excluding hydrogens is 238 g/mol. The Morgan fingerprint density at radius 1 is 0.917 bits per heavy atom. The molecule has 0 saturated heterocycles. The van der Waals surface area contributed by atoms with E-state index in [0.717, 1.165) is 5.92 Å². The van der Waals surface area contributed by atoms with E-state index in [2.05, 4.69) is 6.92 Å². The molecule has 0 nitrogen and oxygen atoms in total. The third kappa shape index (κ3) is 13.7. The smallest absolute Gasteiger partial charge is 0.0664 e. The first-order valence-corrected chi connectivity index (χ1v) is 5.66. The molecule has 1 fully saturated rings. The third-order valence-electron chi connectivity index (χ3n) is 1.89. The molecule has 0 amide bonds. The molecule has 1 aliphatic carbocycles. The lowest BCUT2D eigenvalue weighted by Crippen LogP contribution is -1.99. The van der Waals surface area contributed by atoms with Crippen molar-refractivity contribution in [3.05, 3.63) is 0 Å². The van der Waals surface area contributed by atoms with E-state index >= 15 is 0 Å². The van der Waals surface area contributed by atoms with Crippen LogP contribution in [0.15, 0.2) is 0 Å². The van der Waals surface area contributed by atoms with E-state index in [4.69, 9.17) is 46.4 Å². The van der Waals surface area contributed by atoms with Gasteiger partial charge >= 0.3 is 0 Å². The summed E-state index contributed by atoms with van der Waals surface area (Å²) >= 11 is 19.3. The van der Waals surface area contributed by atoms with Gasteiger partial charge < -0.3 is 0 Å². The van der Waals surface area contributed by atoms with Gasteiger partial charge in [0, 0.05) is 0 Å². The Morgan fingerprint density at radius 3 is 1.42 bits per heavy atom. The summed E-state index contributed by atoms with van der Waals surface area (Å²) in [5, 5.41) is 0. The molecule has 0 N–H and O–H groups in total. The number of alkyl halides is 4. The van der Waals surface area contributed by atoms with E-state index in [1.165, 1.54) is 32.1 Å². The number of halogens is 4. The highest BCUT2D eigenvalue weighted by Gasteiger charge is 2.11. The van der Waals surface area contributed by atoms with Crippen molar-refractivity contribution in [1.82, 2.24) is 0 Å². The van der Waals surface area contributed by atoms with E-state index < -0.39 is 3.25 Å². The minimum absolute atomic E-state index is 1.04. The lowest BCUT2D eigenvalue weighted by atomic mass is 9.91. The molecule has 0 aromatic heterocycles. The highest BCUT2D eigenvalue weighted by atomic mass is 35.6. The zero-order valence-electron chi connectivity index (χ0n) is 7.12. The maximum absolute atomic E-state index is 4.83. The molecule has 0 unspecified atom stereocenters. The second-order valence-electron chi connectivity index (χ2n) is 3.17. The van der Waals surface area contributed by atoms with E-state index in [1.807, 2.05) is 0 Å². The van der Waals surface area contributed by atoms with Gasteiger partial charge in [-0.2, -0.15) is 0 Å². The maximum Gasteiger partial charge on any atom is 0.266 e. The molecule has 1 rings (SSSR count). The highest BCUT2D eigenvalue weighted by molar-refractivity contribution is 6.83. The van der Waals surface area contributed by atoms with E-state index in [1.54, 1.807) is 0 Å². The van der Waals surface area contributed by atoms with Gasteiger partial charge in [-0.1, -0.05) is 85.4 Å². The van der Waals surface area contributed by atoms with Crippen LogP contribution in [0.2, 0.25) is 0 Å². The SMILES string of the molecule is CC1CCCCC1.ClC(Cl)(Cl)Cl. The molecule has 0 heterocycles. The van der Waals surface area contributed by atoms with Crippen LogP contribution in [0.4, 0.5) is 0 Å². The van der Waals surface area contributed by atoms with Crippen LogP contribution in [-0.2, 0) is 0 Å². The minimum Gasteiger partial charge on any atom is -0.0664 e. The zero-order valence-corrected chi connectivity index (χ0v) is 10.1. The molecule has 0 aliphatic heterocycles. The van der Waals surface area contributed by atoms with Crippen molar-refractivity contribution in [2.45, 2.75) is 42.3 Å². The van der Waals surface area contributed by atoms with E-state index in [9.17, 15) is 0 Å². The quantitative estimate of drug-likeness (QED) is 0.523. The molecule has 0 aromatic rings. The summed E-state index contributed by atoms with van der Waals surface area (Å²) in [7, 11) is 0. The largest absolute Gasteiger partial charge is 0.266 e. The Morgan fingerprint density at radius 2 is 1.25 bits per heavy atom. The molecule has 74 valence electrons. The van der Waals surface area contributed by atoms with Crippen LogP contribution < -0.4 is 0 Å². The fourth-order valence-electron chi connectivity index (χ4n) is 1.31. The van der Waals surface area contributed by atoms with Crippen molar-refractivity contribution in [3.8, 4) is 0 Å². The summed E-state index contributed by atoms with van der Waals surface area (Å²) in [6.45, 7) is 2.36. The molecule has 0 spiro atoms. The lowest BCUT2D eigenvalue weighted by molar-refractivity contribution is 0.385. The van der Waals surface area contributed by atoms with Gasteiger partial charge in [-0.05, 0) is 5.92 Å². The fourth-order valence-corrected chi connectivity index (χ4v) is 1.31. The van der Waals surface area contributed by atoms with E-state index in [-0.39, 0.29) is 0 Å². The van der Waals surface area contributed by atoms with Crippen LogP contribution in [0.3, 0.4) is 0 Å². The van der Waals surface area contributed by atoms with Crippen molar-refractivity contribution in [2.24, 2.45) is 5.92 Å². The fraction of sp³-hybridized carbons (Fsp3) is 1.00. The Hall–Kier alpha value is 1.16. The number of hydrogen-bond acceptors (Lipinski definition) is 0. The molecule has 0 aromatic carbocycles. The van der Waals surface area contributed by atoms with Crippen LogP contribution >= 0.6 is 46.4 Å². The monoisotopic (exact) mass is 250 g/mol. The van der Waals surface area contributed by atoms with Crippen molar-refractivity contribution in [1.29, 1.82) is 0 Å². The van der Waals surface area contributed by atoms with Crippen LogP contribution in [0.1, 0.15) is 39.0 Å². The molecule has 4 heteroatoms. The first kappa shape index (κ1) is 13.2. The summed E-state index contributed by atoms with van der Waals surface area (Å²) in [4.78, 5) is 0. The first-order chi connectivity index (χ1) is 5.39. The molecule has 0 radical (unpaired) electrons. The van der Waals surface area contributed by atoms with Crippen LogP contribution in [0, 0.1) is 5.92 Å². The molecule has 0 bridgehead atoms. The Bertz CT molecular complexity index is 96.1. The van der Waals surface area contributed by atoms with Crippen LogP contribution in [0.5, 0.6) is 0 Å². The predicted octanol–water partition coefficient (Wildman–Crippen LogP) is 5.14. The summed E-state index contributed by atoms with van der Waals surface area (Å²) in [5.74, 6) is 1.04. The van der Waals surface area contributed by atoms with Gasteiger partial charge in [-0.15, -0.1) is 0 Å². The van der Waals surface area contributed by atoms with Gasteiger partial charge in [-0.25, -0.2) is 0 Å². The molecule has 1 saturated carbocycles. The summed E-state index contributed by atoms with van der Waals surface area (Å²) < 4.78 is -1.61. The molecule has 1 aliphatic rings. The Labute approximate surface area is 94.5 Å². The van der Waals surface area contributed by atoms with Gasteiger partial charge in [0.1, 0.15) is 0 Å². The average molecular weight is 252 g/mol. The lowest BCUT2D eigenvalue weighted by Gasteiger charge is -2.15. The summed E-state index contributed by atoms with van der Waals surface area (Å²) in [5.41, 5.74) is 0. The van der Waals surface area contributed by atoms with Gasteiger partial charge in [0.25, 0.3) is 3.25 Å². The van der Waals surface area contributed by atoms with Gasteiger partial charge in [0.2, 0.25) is 0 Å². The van der Waals surface area contributed by atoms with Gasteiger partial charge in [-0.3, -0.25) is 0 Å². The third-order valence-corrected chi connectivity index (χ3v) is 1.89. The predicted molar refractivity (Wildman–Crippen MR) is 58.4 cm³/mol. The van der Waals surface area contributed by atoms with E-state index in [0.29, 0.717) is 0 Å². The average Bonchev–Trinajstić information content (AvgIpc) is 1.85. The topological polar surface area (TPSA) is 0 Å². The number of rotatable bonds is 0. The second-order valence-corrected chi connectivity index (χ2v) is 6.60. The summed E-state index contributed by atoms with van der Waals surface area (Å²) in [6, 6.07) is 0. The Balaban J connectivity index is 0.000000217. The van der Waals surface area contributed by atoms with Crippen molar-refractivity contribution in [2.75, 3.05) is 0 Å².